The fourth-order valence-electron chi connectivity index (χ4n) is 3.13. The summed E-state index contributed by atoms with van der Waals surface area (Å²) in [6, 6.07) is 8.01. The maximum Gasteiger partial charge on any atom is 0.225 e. The van der Waals surface area contributed by atoms with E-state index in [-0.39, 0.29) is 11.9 Å². The molecule has 0 radical (unpaired) electrons. The van der Waals surface area contributed by atoms with Crippen LogP contribution in [0.25, 0.3) is 0 Å². The third kappa shape index (κ3) is 4.17. The summed E-state index contributed by atoms with van der Waals surface area (Å²) in [6.07, 6.45) is 2.57. The van der Waals surface area contributed by atoms with E-state index in [1.54, 1.807) is 0 Å². The number of rotatable bonds is 6. The molecule has 134 valence electrons. The number of nitrogens with zero attached hydrogens (tertiary/aromatic N) is 4. The lowest BCUT2D eigenvalue weighted by molar-refractivity contribution is -0.116. The molecule has 1 aliphatic rings. The van der Waals surface area contributed by atoms with E-state index in [4.69, 9.17) is 0 Å². The first kappa shape index (κ1) is 17.4. The fraction of sp³-hybridized carbons (Fsp3) is 0.500. The number of aryl methyl sites for hydroxylation is 1. The largest absolute Gasteiger partial charge is 0.378 e. The van der Waals surface area contributed by atoms with Crippen molar-refractivity contribution in [3.8, 4) is 0 Å². The van der Waals surface area contributed by atoms with Gasteiger partial charge in [-0.25, -0.2) is 0 Å². The molecule has 0 saturated heterocycles. The van der Waals surface area contributed by atoms with Crippen LogP contribution in [0.3, 0.4) is 0 Å². The van der Waals surface area contributed by atoms with Gasteiger partial charge in [-0.2, -0.15) is 0 Å². The van der Waals surface area contributed by atoms with Crippen molar-refractivity contribution in [1.82, 2.24) is 20.1 Å². The van der Waals surface area contributed by atoms with Gasteiger partial charge in [-0.15, -0.1) is 10.2 Å². The molecule has 1 aliphatic heterocycles. The molecule has 2 N–H and O–H groups in total. The van der Waals surface area contributed by atoms with Crippen LogP contribution in [0.15, 0.2) is 24.3 Å². The molecule has 1 amide bonds. The lowest BCUT2D eigenvalue weighted by Gasteiger charge is -2.24. The Kier molecular flexibility index (Phi) is 5.33. The summed E-state index contributed by atoms with van der Waals surface area (Å²) >= 11 is 0. The van der Waals surface area contributed by atoms with Gasteiger partial charge in [-0.3, -0.25) is 4.79 Å². The molecule has 2 heterocycles. The van der Waals surface area contributed by atoms with Crippen molar-refractivity contribution in [1.29, 1.82) is 0 Å². The lowest BCUT2D eigenvalue weighted by atomic mass is 10.1. The van der Waals surface area contributed by atoms with Crippen molar-refractivity contribution in [2.75, 3.05) is 30.9 Å². The zero-order chi connectivity index (χ0) is 17.8. The number of hydrogen-bond donors (Lipinski definition) is 2. The number of amides is 1. The average Bonchev–Trinajstić information content (AvgIpc) is 2.98. The van der Waals surface area contributed by atoms with Crippen LogP contribution in [-0.2, 0) is 11.3 Å². The Morgan fingerprint density at radius 1 is 1.28 bits per heavy atom. The zero-order valence-corrected chi connectivity index (χ0v) is 15.1. The molecule has 7 nitrogen and oxygen atoms in total. The Labute approximate surface area is 148 Å². The van der Waals surface area contributed by atoms with Crippen molar-refractivity contribution in [3.05, 3.63) is 35.9 Å². The number of hydrogen-bond acceptors (Lipinski definition) is 5. The first-order chi connectivity index (χ1) is 12.0. The number of nitrogens with one attached hydrogen (secondary N) is 2. The fourth-order valence-corrected chi connectivity index (χ4v) is 3.13. The number of anilines is 2. The van der Waals surface area contributed by atoms with Gasteiger partial charge in [0.05, 0.1) is 6.04 Å². The molecule has 0 bridgehead atoms. The van der Waals surface area contributed by atoms with Crippen LogP contribution in [0.2, 0.25) is 0 Å². The molecule has 0 aliphatic carbocycles. The molecule has 1 atom stereocenters. The zero-order valence-electron chi connectivity index (χ0n) is 15.1. The SMILES string of the molecule is Cc1nnc2n1CCCC2NCCC(=O)Nc1ccc(N(C)C)cc1. The minimum absolute atomic E-state index is 0.0126. The van der Waals surface area contributed by atoms with Crippen molar-refractivity contribution >= 4 is 17.3 Å². The highest BCUT2D eigenvalue weighted by Gasteiger charge is 2.23. The van der Waals surface area contributed by atoms with Gasteiger partial charge in [-0.05, 0) is 44.0 Å². The minimum atomic E-state index is 0.0126. The molecule has 0 saturated carbocycles. The molecule has 1 unspecified atom stereocenters. The standard InChI is InChI=1S/C18H26N6O/c1-13-21-22-18-16(5-4-12-24(13)18)19-11-10-17(25)20-14-6-8-15(9-7-14)23(2)3/h6-9,16,19H,4-5,10-12H2,1-3H3,(H,20,25). The molecular weight excluding hydrogens is 316 g/mol. The molecule has 1 aromatic carbocycles. The van der Waals surface area contributed by atoms with E-state index in [0.717, 1.165) is 42.4 Å². The van der Waals surface area contributed by atoms with Crippen molar-refractivity contribution < 1.29 is 4.79 Å². The molecule has 3 rings (SSSR count). The third-order valence-corrected chi connectivity index (χ3v) is 4.56. The summed E-state index contributed by atoms with van der Waals surface area (Å²) in [5.41, 5.74) is 1.93. The summed E-state index contributed by atoms with van der Waals surface area (Å²) in [6.45, 7) is 3.59. The second-order valence-corrected chi connectivity index (χ2v) is 6.65. The maximum atomic E-state index is 12.1. The highest BCUT2D eigenvalue weighted by molar-refractivity contribution is 5.91. The quantitative estimate of drug-likeness (QED) is 0.841. The monoisotopic (exact) mass is 342 g/mol. The number of carbonyl (C=O) groups excluding carboxylic acids is 1. The molecule has 0 fully saturated rings. The van der Waals surface area contributed by atoms with E-state index >= 15 is 0 Å². The highest BCUT2D eigenvalue weighted by Crippen LogP contribution is 2.23. The van der Waals surface area contributed by atoms with Gasteiger partial charge in [0.1, 0.15) is 11.6 Å². The van der Waals surface area contributed by atoms with E-state index in [2.05, 4.69) is 25.4 Å². The predicted molar refractivity (Wildman–Crippen MR) is 98.8 cm³/mol. The van der Waals surface area contributed by atoms with E-state index < -0.39 is 0 Å². The van der Waals surface area contributed by atoms with Gasteiger partial charge < -0.3 is 20.1 Å². The maximum absolute atomic E-state index is 12.1. The number of carbonyl (C=O) groups is 1. The molecule has 1 aromatic heterocycles. The summed E-state index contributed by atoms with van der Waals surface area (Å²) in [5, 5.41) is 14.8. The summed E-state index contributed by atoms with van der Waals surface area (Å²) in [7, 11) is 3.99. The Morgan fingerprint density at radius 2 is 2.04 bits per heavy atom. The normalized spacial score (nSPS) is 16.4. The van der Waals surface area contributed by atoms with Gasteiger partial charge in [0.25, 0.3) is 0 Å². The molecule has 7 heteroatoms. The lowest BCUT2D eigenvalue weighted by Crippen LogP contribution is -2.31. The Balaban J connectivity index is 1.47. The molecule has 25 heavy (non-hydrogen) atoms. The second kappa shape index (κ2) is 7.65. The number of benzene rings is 1. The van der Waals surface area contributed by atoms with Gasteiger partial charge in [0.15, 0.2) is 0 Å². The first-order valence-electron chi connectivity index (χ1n) is 8.75. The first-order valence-corrected chi connectivity index (χ1v) is 8.75. The van der Waals surface area contributed by atoms with Crippen LogP contribution in [-0.4, -0.2) is 41.3 Å². The topological polar surface area (TPSA) is 75.1 Å². The third-order valence-electron chi connectivity index (χ3n) is 4.56. The predicted octanol–water partition coefficient (Wildman–Crippen LogP) is 2.11. The van der Waals surface area contributed by atoms with E-state index in [9.17, 15) is 4.79 Å². The van der Waals surface area contributed by atoms with Gasteiger partial charge in [0, 0.05) is 45.0 Å². The summed E-state index contributed by atoms with van der Waals surface area (Å²) < 4.78 is 2.16. The Bertz CT molecular complexity index is 722. The van der Waals surface area contributed by atoms with Gasteiger partial charge in [-0.1, -0.05) is 0 Å². The summed E-state index contributed by atoms with van der Waals surface area (Å²) in [5.74, 6) is 1.96. The van der Waals surface area contributed by atoms with Gasteiger partial charge >= 0.3 is 0 Å². The van der Waals surface area contributed by atoms with Crippen LogP contribution < -0.4 is 15.5 Å². The van der Waals surface area contributed by atoms with Crippen molar-refractivity contribution in [2.45, 2.75) is 38.8 Å². The van der Waals surface area contributed by atoms with Crippen LogP contribution in [0.4, 0.5) is 11.4 Å². The summed E-state index contributed by atoms with van der Waals surface area (Å²) in [4.78, 5) is 14.2. The Hall–Kier alpha value is -2.41. The van der Waals surface area contributed by atoms with E-state index in [1.165, 1.54) is 0 Å². The van der Waals surface area contributed by atoms with Crippen LogP contribution >= 0.6 is 0 Å². The van der Waals surface area contributed by atoms with Crippen molar-refractivity contribution in [3.63, 3.8) is 0 Å². The molecule has 2 aromatic rings. The second-order valence-electron chi connectivity index (χ2n) is 6.65. The minimum Gasteiger partial charge on any atom is -0.378 e. The number of aromatic nitrogens is 3. The molecular formula is C18H26N6O. The highest BCUT2D eigenvalue weighted by atomic mass is 16.1. The molecule has 0 spiro atoms. The van der Waals surface area contributed by atoms with Gasteiger partial charge in [0.2, 0.25) is 5.91 Å². The Morgan fingerprint density at radius 3 is 2.76 bits per heavy atom. The van der Waals surface area contributed by atoms with Crippen LogP contribution in [0.5, 0.6) is 0 Å². The van der Waals surface area contributed by atoms with Crippen molar-refractivity contribution in [2.24, 2.45) is 0 Å². The van der Waals surface area contributed by atoms with Crippen LogP contribution in [0, 0.1) is 6.92 Å². The van der Waals surface area contributed by atoms with E-state index in [1.807, 2.05) is 50.2 Å². The van der Waals surface area contributed by atoms with E-state index in [0.29, 0.717) is 13.0 Å². The van der Waals surface area contributed by atoms with Crippen LogP contribution in [0.1, 0.15) is 37.0 Å². The number of fused-ring (bicyclic) bond motifs is 1. The average molecular weight is 342 g/mol. The smallest absolute Gasteiger partial charge is 0.225 e.